The van der Waals surface area contributed by atoms with Gasteiger partial charge in [-0.05, 0) is 25.3 Å². The van der Waals surface area contributed by atoms with Crippen LogP contribution in [0.5, 0.6) is 0 Å². The van der Waals surface area contributed by atoms with Crippen molar-refractivity contribution in [2.45, 2.75) is 38.0 Å². The van der Waals surface area contributed by atoms with E-state index in [1.165, 1.54) is 24.8 Å². The van der Waals surface area contributed by atoms with E-state index < -0.39 is 0 Å². The van der Waals surface area contributed by atoms with Gasteiger partial charge in [0.25, 0.3) is 0 Å². The lowest BCUT2D eigenvalue weighted by atomic mass is 9.64. The Labute approximate surface area is 165 Å². The molecule has 0 aliphatic heterocycles. The minimum Gasteiger partial charge on any atom is -0.356 e. The van der Waals surface area contributed by atoms with E-state index in [1.54, 1.807) is 7.05 Å². The van der Waals surface area contributed by atoms with Crippen molar-refractivity contribution in [3.8, 4) is 0 Å². The maximum Gasteiger partial charge on any atom is 0.228 e. The third-order valence-electron chi connectivity index (χ3n) is 4.72. The van der Waals surface area contributed by atoms with Crippen molar-refractivity contribution >= 4 is 29.9 Å². The van der Waals surface area contributed by atoms with Crippen LogP contribution in [0.3, 0.4) is 0 Å². The fraction of sp³-hybridized carbons (Fsp3) is 0.500. The van der Waals surface area contributed by atoms with Crippen LogP contribution in [0.1, 0.15) is 36.5 Å². The number of guanidine groups is 1. The number of nitrogens with one attached hydrogen (secondary N) is 2. The molecular weight excluding hydrogens is 429 g/mol. The van der Waals surface area contributed by atoms with E-state index >= 15 is 0 Å². The molecule has 0 amide bonds. The number of hydrogen-bond donors (Lipinski definition) is 2. The highest BCUT2D eigenvalue weighted by Gasteiger charge is 2.38. The average molecular weight is 455 g/mol. The molecule has 7 heteroatoms. The van der Waals surface area contributed by atoms with Crippen LogP contribution in [0.2, 0.25) is 0 Å². The maximum atomic E-state index is 5.12. The summed E-state index contributed by atoms with van der Waals surface area (Å²) in [6, 6.07) is 10.8. The summed E-state index contributed by atoms with van der Waals surface area (Å²) < 4.78 is 5.12. The van der Waals surface area contributed by atoms with E-state index in [2.05, 4.69) is 56.1 Å². The van der Waals surface area contributed by atoms with Gasteiger partial charge in [0, 0.05) is 32.0 Å². The van der Waals surface area contributed by atoms with Gasteiger partial charge in [0.15, 0.2) is 11.8 Å². The van der Waals surface area contributed by atoms with Crippen molar-refractivity contribution in [1.29, 1.82) is 0 Å². The Morgan fingerprint density at radius 1 is 1.24 bits per heavy atom. The number of halogens is 1. The lowest BCUT2D eigenvalue weighted by Crippen LogP contribution is -2.49. The van der Waals surface area contributed by atoms with Crippen molar-refractivity contribution < 1.29 is 4.52 Å². The Morgan fingerprint density at radius 3 is 2.56 bits per heavy atom. The molecule has 6 nitrogen and oxygen atoms in total. The summed E-state index contributed by atoms with van der Waals surface area (Å²) in [4.78, 5) is 8.51. The zero-order valence-corrected chi connectivity index (χ0v) is 17.1. The monoisotopic (exact) mass is 455 g/mol. The molecule has 0 bridgehead atoms. The molecule has 1 saturated carbocycles. The second-order valence-corrected chi connectivity index (χ2v) is 6.34. The Hall–Kier alpha value is -1.64. The van der Waals surface area contributed by atoms with Gasteiger partial charge in [-0.15, -0.1) is 24.0 Å². The van der Waals surface area contributed by atoms with Crippen LogP contribution in [0, 0.1) is 6.92 Å². The minimum atomic E-state index is 0. The van der Waals surface area contributed by atoms with Crippen molar-refractivity contribution in [2.24, 2.45) is 4.99 Å². The van der Waals surface area contributed by atoms with Gasteiger partial charge in [0.1, 0.15) is 0 Å². The molecule has 25 heavy (non-hydrogen) atoms. The smallest absolute Gasteiger partial charge is 0.228 e. The first-order valence-electron chi connectivity index (χ1n) is 8.51. The topological polar surface area (TPSA) is 75.3 Å². The Kier molecular flexibility index (Phi) is 7.22. The normalized spacial score (nSPS) is 15.8. The maximum absolute atomic E-state index is 5.12. The van der Waals surface area contributed by atoms with Crippen molar-refractivity contribution in [3.63, 3.8) is 0 Å². The molecule has 1 fully saturated rings. The summed E-state index contributed by atoms with van der Waals surface area (Å²) in [5.41, 5.74) is 1.66. The molecule has 1 aromatic carbocycles. The van der Waals surface area contributed by atoms with Crippen molar-refractivity contribution in [1.82, 2.24) is 20.8 Å². The number of benzene rings is 1. The molecule has 1 aromatic heterocycles. The highest BCUT2D eigenvalue weighted by atomic mass is 127. The SMILES string of the molecule is CN=C(NCCc1nc(C)no1)NCC1(c2ccccc2)CCC1.I. The predicted molar refractivity (Wildman–Crippen MR) is 109 cm³/mol. The van der Waals surface area contributed by atoms with Crippen LogP contribution in [0.4, 0.5) is 0 Å². The number of nitrogens with zero attached hydrogens (tertiary/aromatic N) is 3. The van der Waals surface area contributed by atoms with Crippen molar-refractivity contribution in [2.75, 3.05) is 20.1 Å². The van der Waals surface area contributed by atoms with Crippen LogP contribution in [-0.4, -0.2) is 36.2 Å². The summed E-state index contributed by atoms with van der Waals surface area (Å²) in [7, 11) is 1.79. The van der Waals surface area contributed by atoms with Gasteiger partial charge in [-0.3, -0.25) is 4.99 Å². The largest absolute Gasteiger partial charge is 0.356 e. The van der Waals surface area contributed by atoms with E-state index in [9.17, 15) is 0 Å². The fourth-order valence-corrected chi connectivity index (χ4v) is 3.17. The standard InChI is InChI=1S/C18H25N5O.HI/c1-14-22-16(24-23-14)9-12-20-17(19-2)21-13-18(10-6-11-18)15-7-4-3-5-8-15;/h3-5,7-8H,6,9-13H2,1-2H3,(H2,19,20,21);1H. The van der Waals surface area contributed by atoms with Crippen LogP contribution in [0.25, 0.3) is 0 Å². The second kappa shape index (κ2) is 9.17. The molecule has 3 rings (SSSR count). The summed E-state index contributed by atoms with van der Waals surface area (Å²) in [6.45, 7) is 3.43. The molecule has 1 aliphatic carbocycles. The molecule has 1 aliphatic rings. The summed E-state index contributed by atoms with van der Waals surface area (Å²) in [5, 5.41) is 10.6. The fourth-order valence-electron chi connectivity index (χ4n) is 3.17. The van der Waals surface area contributed by atoms with E-state index in [-0.39, 0.29) is 29.4 Å². The van der Waals surface area contributed by atoms with Gasteiger partial charge in [-0.2, -0.15) is 4.98 Å². The molecule has 0 spiro atoms. The number of aromatic nitrogens is 2. The molecule has 0 unspecified atom stereocenters. The van der Waals surface area contributed by atoms with Gasteiger partial charge in [-0.25, -0.2) is 0 Å². The highest BCUT2D eigenvalue weighted by molar-refractivity contribution is 14.0. The van der Waals surface area contributed by atoms with E-state index in [4.69, 9.17) is 4.52 Å². The van der Waals surface area contributed by atoms with E-state index in [1.807, 2.05) is 6.92 Å². The Morgan fingerprint density at radius 2 is 2.00 bits per heavy atom. The third-order valence-corrected chi connectivity index (χ3v) is 4.72. The molecule has 136 valence electrons. The van der Waals surface area contributed by atoms with Crippen LogP contribution in [-0.2, 0) is 11.8 Å². The molecular formula is C18H26IN5O. The molecule has 0 atom stereocenters. The molecule has 0 saturated heterocycles. The third kappa shape index (κ3) is 4.93. The number of hydrogen-bond acceptors (Lipinski definition) is 4. The number of rotatable bonds is 6. The number of aliphatic imine (C=N–C) groups is 1. The van der Waals surface area contributed by atoms with Gasteiger partial charge >= 0.3 is 0 Å². The lowest BCUT2D eigenvalue weighted by molar-refractivity contribution is 0.244. The average Bonchev–Trinajstić information content (AvgIpc) is 2.98. The first-order chi connectivity index (χ1) is 11.7. The summed E-state index contributed by atoms with van der Waals surface area (Å²) in [6.07, 6.45) is 4.43. The zero-order chi connectivity index (χ0) is 16.8. The van der Waals surface area contributed by atoms with Gasteiger partial charge < -0.3 is 15.2 Å². The first-order valence-corrected chi connectivity index (χ1v) is 8.51. The van der Waals surface area contributed by atoms with Crippen molar-refractivity contribution in [3.05, 3.63) is 47.6 Å². The second-order valence-electron chi connectivity index (χ2n) is 6.34. The summed E-state index contributed by atoms with van der Waals surface area (Å²) >= 11 is 0. The molecule has 2 aromatic rings. The summed E-state index contributed by atoms with van der Waals surface area (Å²) in [5.74, 6) is 2.13. The lowest BCUT2D eigenvalue weighted by Gasteiger charge is -2.43. The van der Waals surface area contributed by atoms with Crippen LogP contribution in [0.15, 0.2) is 39.8 Å². The predicted octanol–water partition coefficient (Wildman–Crippen LogP) is 2.83. The zero-order valence-electron chi connectivity index (χ0n) is 14.8. The van der Waals surface area contributed by atoms with Gasteiger partial charge in [-0.1, -0.05) is 41.9 Å². The van der Waals surface area contributed by atoms with Crippen LogP contribution < -0.4 is 10.6 Å². The van der Waals surface area contributed by atoms with E-state index in [0.29, 0.717) is 24.7 Å². The van der Waals surface area contributed by atoms with Gasteiger partial charge in [0.2, 0.25) is 5.89 Å². The number of aryl methyl sites for hydroxylation is 1. The Bertz CT molecular complexity index is 682. The van der Waals surface area contributed by atoms with E-state index in [0.717, 1.165) is 12.5 Å². The first kappa shape index (κ1) is 19.7. The van der Waals surface area contributed by atoms with Crippen LogP contribution >= 0.6 is 24.0 Å². The van der Waals surface area contributed by atoms with Gasteiger partial charge in [0.05, 0.1) is 0 Å². The minimum absolute atomic E-state index is 0. The molecule has 0 radical (unpaired) electrons. The quantitative estimate of drug-likeness (QED) is 0.398. The molecule has 1 heterocycles. The highest BCUT2D eigenvalue weighted by Crippen LogP contribution is 2.43. The Balaban J connectivity index is 0.00000225. The molecule has 2 N–H and O–H groups in total.